The number of nitrogen functional groups attached to an aromatic ring is 1. The van der Waals surface area contributed by atoms with Crippen LogP contribution in [0.2, 0.25) is 0 Å². The van der Waals surface area contributed by atoms with Gasteiger partial charge in [0.05, 0.1) is 6.20 Å². The molecule has 2 heterocycles. The number of hydrazine groups is 1. The highest BCUT2D eigenvalue weighted by atomic mass is 32.1. The molecule has 0 atom stereocenters. The maximum absolute atomic E-state index is 5.58. The molecule has 0 bridgehead atoms. The molecule has 4 nitrogen and oxygen atoms in total. The average molecular weight is 198 g/mol. The Balaban J connectivity index is 1.89. The van der Waals surface area contributed by atoms with Gasteiger partial charge in [0.2, 0.25) is 0 Å². The maximum atomic E-state index is 5.58. The Kier molecular flexibility index (Phi) is 2.65. The predicted octanol–water partition coefficient (Wildman–Crippen LogP) is 1.54. The SMILES string of the molecule is Nc1cnc(NN2CCCCC2)s1. The van der Waals surface area contributed by atoms with Gasteiger partial charge in [0, 0.05) is 13.1 Å². The Morgan fingerprint density at radius 1 is 1.38 bits per heavy atom. The fraction of sp³-hybridized carbons (Fsp3) is 0.625. The third-order valence-electron chi connectivity index (χ3n) is 2.13. The van der Waals surface area contributed by atoms with Gasteiger partial charge in [-0.3, -0.25) is 5.43 Å². The van der Waals surface area contributed by atoms with Crippen LogP contribution in [0.3, 0.4) is 0 Å². The van der Waals surface area contributed by atoms with E-state index >= 15 is 0 Å². The minimum Gasteiger partial charge on any atom is -0.389 e. The van der Waals surface area contributed by atoms with Crippen LogP contribution in [-0.4, -0.2) is 23.1 Å². The van der Waals surface area contributed by atoms with Gasteiger partial charge < -0.3 is 5.73 Å². The third kappa shape index (κ3) is 2.32. The molecule has 1 aromatic rings. The summed E-state index contributed by atoms with van der Waals surface area (Å²) in [5.41, 5.74) is 8.84. The fourth-order valence-electron chi connectivity index (χ4n) is 1.48. The maximum Gasteiger partial charge on any atom is 0.199 e. The Hall–Kier alpha value is -0.810. The normalized spacial score (nSPS) is 18.8. The summed E-state index contributed by atoms with van der Waals surface area (Å²) in [4.78, 5) is 4.15. The lowest BCUT2D eigenvalue weighted by molar-refractivity contribution is 0.273. The van der Waals surface area contributed by atoms with E-state index in [-0.39, 0.29) is 0 Å². The first kappa shape index (κ1) is 8.77. The third-order valence-corrected chi connectivity index (χ3v) is 2.86. The van der Waals surface area contributed by atoms with E-state index in [4.69, 9.17) is 5.73 Å². The van der Waals surface area contributed by atoms with Crippen molar-refractivity contribution >= 4 is 21.5 Å². The highest BCUT2D eigenvalue weighted by molar-refractivity contribution is 7.19. The number of hydrogen-bond donors (Lipinski definition) is 2. The summed E-state index contributed by atoms with van der Waals surface area (Å²) in [6, 6.07) is 0. The number of anilines is 2. The molecule has 13 heavy (non-hydrogen) atoms. The number of piperidine rings is 1. The Bertz CT molecular complexity index is 267. The molecule has 1 saturated heterocycles. The van der Waals surface area contributed by atoms with Gasteiger partial charge in [-0.05, 0) is 12.8 Å². The Morgan fingerprint density at radius 2 is 2.15 bits per heavy atom. The van der Waals surface area contributed by atoms with Crippen LogP contribution in [0.5, 0.6) is 0 Å². The molecule has 0 amide bonds. The lowest BCUT2D eigenvalue weighted by Gasteiger charge is -2.26. The van der Waals surface area contributed by atoms with Crippen molar-refractivity contribution in [1.82, 2.24) is 9.99 Å². The monoisotopic (exact) mass is 198 g/mol. The van der Waals surface area contributed by atoms with Crippen molar-refractivity contribution < 1.29 is 0 Å². The van der Waals surface area contributed by atoms with Crippen LogP contribution in [0.25, 0.3) is 0 Å². The summed E-state index contributed by atoms with van der Waals surface area (Å²) < 4.78 is 0. The first-order valence-electron chi connectivity index (χ1n) is 4.57. The van der Waals surface area contributed by atoms with Crippen LogP contribution >= 0.6 is 11.3 Å². The molecule has 0 saturated carbocycles. The number of thiazole rings is 1. The fourth-order valence-corrected chi connectivity index (χ4v) is 2.09. The average Bonchev–Trinajstić information content (AvgIpc) is 2.53. The van der Waals surface area contributed by atoms with Crippen molar-refractivity contribution in [2.75, 3.05) is 24.2 Å². The van der Waals surface area contributed by atoms with Gasteiger partial charge >= 0.3 is 0 Å². The first-order chi connectivity index (χ1) is 6.34. The molecular formula is C8H14N4S. The molecule has 1 aliphatic rings. The van der Waals surface area contributed by atoms with E-state index in [1.54, 1.807) is 6.20 Å². The van der Waals surface area contributed by atoms with Crippen LogP contribution in [-0.2, 0) is 0 Å². The first-order valence-corrected chi connectivity index (χ1v) is 5.39. The van der Waals surface area contributed by atoms with Crippen molar-refractivity contribution in [3.05, 3.63) is 6.20 Å². The molecular weight excluding hydrogens is 184 g/mol. The van der Waals surface area contributed by atoms with E-state index in [9.17, 15) is 0 Å². The zero-order valence-electron chi connectivity index (χ0n) is 7.49. The van der Waals surface area contributed by atoms with Crippen LogP contribution in [0.1, 0.15) is 19.3 Å². The lowest BCUT2D eigenvalue weighted by atomic mass is 10.2. The summed E-state index contributed by atoms with van der Waals surface area (Å²) in [5.74, 6) is 0. The van der Waals surface area contributed by atoms with Gasteiger partial charge in [-0.15, -0.1) is 0 Å². The molecule has 3 N–H and O–H groups in total. The predicted molar refractivity (Wildman–Crippen MR) is 55.6 cm³/mol. The van der Waals surface area contributed by atoms with Crippen LogP contribution in [0, 0.1) is 0 Å². The zero-order valence-corrected chi connectivity index (χ0v) is 8.31. The molecule has 0 radical (unpaired) electrons. The summed E-state index contributed by atoms with van der Waals surface area (Å²) in [7, 11) is 0. The molecule has 1 aromatic heterocycles. The molecule has 0 aliphatic carbocycles. The van der Waals surface area contributed by atoms with Crippen LogP contribution in [0.15, 0.2) is 6.20 Å². The number of nitrogens with one attached hydrogen (secondary N) is 1. The summed E-state index contributed by atoms with van der Waals surface area (Å²) >= 11 is 1.50. The minimum atomic E-state index is 0.763. The summed E-state index contributed by atoms with van der Waals surface area (Å²) in [5, 5.41) is 3.88. The second kappa shape index (κ2) is 3.93. The van der Waals surface area contributed by atoms with E-state index in [0.29, 0.717) is 0 Å². The van der Waals surface area contributed by atoms with E-state index in [1.807, 2.05) is 0 Å². The zero-order chi connectivity index (χ0) is 9.10. The number of nitrogens with zero attached hydrogens (tertiary/aromatic N) is 2. The number of hydrogen-bond acceptors (Lipinski definition) is 5. The van der Waals surface area contributed by atoms with E-state index in [2.05, 4.69) is 15.4 Å². The second-order valence-electron chi connectivity index (χ2n) is 3.23. The van der Waals surface area contributed by atoms with Crippen LogP contribution < -0.4 is 11.2 Å². The van der Waals surface area contributed by atoms with Crippen LogP contribution in [0.4, 0.5) is 10.1 Å². The van der Waals surface area contributed by atoms with Gasteiger partial charge in [0.25, 0.3) is 0 Å². The Labute approximate surface area is 81.7 Å². The second-order valence-corrected chi connectivity index (χ2v) is 4.29. The van der Waals surface area contributed by atoms with Gasteiger partial charge in [0.1, 0.15) is 5.00 Å². The smallest absolute Gasteiger partial charge is 0.199 e. The molecule has 72 valence electrons. The molecule has 2 rings (SSSR count). The van der Waals surface area contributed by atoms with Gasteiger partial charge in [-0.25, -0.2) is 9.99 Å². The van der Waals surface area contributed by atoms with Crippen molar-refractivity contribution in [3.8, 4) is 0 Å². The topological polar surface area (TPSA) is 54.2 Å². The number of aromatic nitrogens is 1. The molecule has 0 spiro atoms. The van der Waals surface area contributed by atoms with Crippen molar-refractivity contribution in [2.45, 2.75) is 19.3 Å². The van der Waals surface area contributed by atoms with E-state index < -0.39 is 0 Å². The molecule has 0 aromatic carbocycles. The molecule has 5 heteroatoms. The standard InChI is InChI=1S/C8H14N4S/c9-7-6-10-8(13-7)11-12-4-2-1-3-5-12/h6H,1-5,9H2,(H,10,11). The van der Waals surface area contributed by atoms with Gasteiger partial charge in [0.15, 0.2) is 5.13 Å². The molecule has 1 fully saturated rings. The number of rotatable bonds is 2. The largest absolute Gasteiger partial charge is 0.389 e. The van der Waals surface area contributed by atoms with Gasteiger partial charge in [-0.2, -0.15) is 0 Å². The lowest BCUT2D eigenvalue weighted by Crippen LogP contribution is -2.34. The van der Waals surface area contributed by atoms with E-state index in [0.717, 1.165) is 23.2 Å². The minimum absolute atomic E-state index is 0.763. The van der Waals surface area contributed by atoms with Crippen molar-refractivity contribution in [3.63, 3.8) is 0 Å². The Morgan fingerprint density at radius 3 is 2.77 bits per heavy atom. The summed E-state index contributed by atoms with van der Waals surface area (Å²) in [6.45, 7) is 2.22. The molecule has 1 aliphatic heterocycles. The van der Waals surface area contributed by atoms with E-state index in [1.165, 1.54) is 30.6 Å². The highest BCUT2D eigenvalue weighted by Gasteiger charge is 2.10. The molecule has 0 unspecified atom stereocenters. The number of nitrogens with two attached hydrogens (primary N) is 1. The van der Waals surface area contributed by atoms with Crippen molar-refractivity contribution in [1.29, 1.82) is 0 Å². The quantitative estimate of drug-likeness (QED) is 0.757. The summed E-state index contributed by atoms with van der Waals surface area (Å²) in [6.07, 6.45) is 5.58. The van der Waals surface area contributed by atoms with Gasteiger partial charge in [-0.1, -0.05) is 17.8 Å². The van der Waals surface area contributed by atoms with Crippen molar-refractivity contribution in [2.24, 2.45) is 0 Å². The highest BCUT2D eigenvalue weighted by Crippen LogP contribution is 2.21.